The maximum absolute atomic E-state index is 11.0. The molecule has 0 radical (unpaired) electrons. The number of benzene rings is 1. The predicted molar refractivity (Wildman–Crippen MR) is 63.9 cm³/mol. The van der Waals surface area contributed by atoms with Crippen LogP contribution in [0.5, 0.6) is 0 Å². The molecular weight excluding hydrogens is 240 g/mol. The van der Waals surface area contributed by atoms with Crippen LogP contribution in [-0.4, -0.2) is 20.8 Å². The van der Waals surface area contributed by atoms with Crippen LogP contribution in [0.1, 0.15) is 18.4 Å². The van der Waals surface area contributed by atoms with Gasteiger partial charge >= 0.3 is 0 Å². The Morgan fingerprint density at radius 3 is 2.29 bits per heavy atom. The molecule has 1 fully saturated rings. The third-order valence-electron chi connectivity index (χ3n) is 2.71. The van der Waals surface area contributed by atoms with Gasteiger partial charge in [-0.2, -0.15) is 4.99 Å². The zero-order chi connectivity index (χ0) is 12.5. The molecule has 5 nitrogen and oxygen atoms in total. The van der Waals surface area contributed by atoms with Crippen molar-refractivity contribution in [3.63, 3.8) is 0 Å². The van der Waals surface area contributed by atoms with E-state index in [0.29, 0.717) is 5.69 Å². The third-order valence-corrected chi connectivity index (χ3v) is 3.32. The van der Waals surface area contributed by atoms with E-state index in [0.717, 1.165) is 24.7 Å². The SMILES string of the molecule is CS(=O)(=O)Nc1ccc(C2(N=C=O)CC2)cc1. The lowest BCUT2D eigenvalue weighted by atomic mass is 10.1. The molecule has 0 aliphatic heterocycles. The van der Waals surface area contributed by atoms with E-state index in [2.05, 4.69) is 9.71 Å². The number of anilines is 1. The largest absolute Gasteiger partial charge is 0.284 e. The molecule has 0 saturated heterocycles. The molecule has 0 heterocycles. The average Bonchev–Trinajstić information content (AvgIpc) is 2.98. The Balaban J connectivity index is 2.22. The molecule has 1 aromatic rings. The van der Waals surface area contributed by atoms with Crippen molar-refractivity contribution in [2.75, 3.05) is 11.0 Å². The molecule has 1 saturated carbocycles. The minimum absolute atomic E-state index is 0.411. The van der Waals surface area contributed by atoms with Crippen LogP contribution >= 0.6 is 0 Å². The van der Waals surface area contributed by atoms with Gasteiger partial charge in [0.1, 0.15) is 0 Å². The zero-order valence-corrected chi connectivity index (χ0v) is 10.1. The van der Waals surface area contributed by atoms with Crippen molar-refractivity contribution in [3.05, 3.63) is 29.8 Å². The third kappa shape index (κ3) is 2.72. The van der Waals surface area contributed by atoms with Gasteiger partial charge in [-0.1, -0.05) is 12.1 Å². The van der Waals surface area contributed by atoms with Gasteiger partial charge in [0.05, 0.1) is 11.8 Å². The maximum Gasteiger partial charge on any atom is 0.235 e. The number of carbonyl (C=O) groups excluding carboxylic acids is 1. The Bertz CT molecular complexity index is 567. The molecule has 1 N–H and O–H groups in total. The number of aliphatic imine (C=N–C) groups is 1. The van der Waals surface area contributed by atoms with Gasteiger partial charge in [0.2, 0.25) is 16.1 Å². The summed E-state index contributed by atoms with van der Waals surface area (Å²) < 4.78 is 24.4. The number of nitrogens with one attached hydrogen (secondary N) is 1. The van der Waals surface area contributed by atoms with Gasteiger partial charge in [-0.05, 0) is 30.5 Å². The molecule has 2 rings (SSSR count). The van der Waals surface area contributed by atoms with E-state index in [1.54, 1.807) is 30.3 Å². The van der Waals surface area contributed by atoms with Crippen LogP contribution in [0.15, 0.2) is 29.3 Å². The van der Waals surface area contributed by atoms with E-state index in [1.807, 2.05) is 0 Å². The lowest BCUT2D eigenvalue weighted by Crippen LogP contribution is -2.10. The van der Waals surface area contributed by atoms with Gasteiger partial charge in [-0.25, -0.2) is 13.2 Å². The second-order valence-electron chi connectivity index (χ2n) is 4.19. The molecule has 1 aliphatic rings. The van der Waals surface area contributed by atoms with Crippen LogP contribution in [0.4, 0.5) is 5.69 Å². The number of sulfonamides is 1. The van der Waals surface area contributed by atoms with Gasteiger partial charge in [0.25, 0.3) is 0 Å². The topological polar surface area (TPSA) is 75.6 Å². The number of hydrogen-bond donors (Lipinski definition) is 1. The second kappa shape index (κ2) is 3.98. The van der Waals surface area contributed by atoms with E-state index in [4.69, 9.17) is 0 Å². The highest BCUT2D eigenvalue weighted by atomic mass is 32.2. The first-order valence-corrected chi connectivity index (χ1v) is 7.02. The maximum atomic E-state index is 11.0. The van der Waals surface area contributed by atoms with Crippen molar-refractivity contribution < 1.29 is 13.2 Å². The quantitative estimate of drug-likeness (QED) is 0.649. The molecule has 1 aliphatic carbocycles. The van der Waals surface area contributed by atoms with E-state index in [1.165, 1.54) is 0 Å². The zero-order valence-electron chi connectivity index (χ0n) is 9.30. The fraction of sp³-hybridized carbons (Fsp3) is 0.364. The summed E-state index contributed by atoms with van der Waals surface area (Å²) in [7, 11) is -3.26. The lowest BCUT2D eigenvalue weighted by Gasteiger charge is -2.09. The first kappa shape index (κ1) is 11.8. The number of rotatable bonds is 4. The minimum Gasteiger partial charge on any atom is -0.284 e. The van der Waals surface area contributed by atoms with Crippen molar-refractivity contribution in [3.8, 4) is 0 Å². The van der Waals surface area contributed by atoms with Crippen molar-refractivity contribution in [2.45, 2.75) is 18.4 Å². The van der Waals surface area contributed by atoms with Crippen LogP contribution in [0.2, 0.25) is 0 Å². The highest BCUT2D eigenvalue weighted by molar-refractivity contribution is 7.92. The molecule has 90 valence electrons. The van der Waals surface area contributed by atoms with Crippen LogP contribution in [0.3, 0.4) is 0 Å². The fourth-order valence-electron chi connectivity index (χ4n) is 1.73. The highest BCUT2D eigenvalue weighted by Gasteiger charge is 2.44. The highest BCUT2D eigenvalue weighted by Crippen LogP contribution is 2.49. The number of isocyanates is 1. The lowest BCUT2D eigenvalue weighted by molar-refractivity contribution is 0.556. The minimum atomic E-state index is -3.26. The molecule has 17 heavy (non-hydrogen) atoms. The van der Waals surface area contributed by atoms with Crippen molar-refractivity contribution >= 4 is 21.8 Å². The molecule has 0 amide bonds. The van der Waals surface area contributed by atoms with Crippen LogP contribution < -0.4 is 4.72 Å². The van der Waals surface area contributed by atoms with Crippen LogP contribution in [0.25, 0.3) is 0 Å². The summed E-state index contributed by atoms with van der Waals surface area (Å²) in [5.74, 6) is 0. The summed E-state index contributed by atoms with van der Waals surface area (Å²) in [6.07, 6.45) is 4.35. The molecule has 6 heteroatoms. The summed E-state index contributed by atoms with van der Waals surface area (Å²) in [6.45, 7) is 0. The van der Waals surface area contributed by atoms with Crippen LogP contribution in [0, 0.1) is 0 Å². The Morgan fingerprint density at radius 2 is 1.88 bits per heavy atom. The number of nitrogens with zero attached hydrogens (tertiary/aromatic N) is 1. The molecule has 0 bridgehead atoms. The smallest absolute Gasteiger partial charge is 0.235 e. The van der Waals surface area contributed by atoms with Gasteiger partial charge in [0.15, 0.2) is 0 Å². The van der Waals surface area contributed by atoms with Crippen molar-refractivity contribution in [2.24, 2.45) is 4.99 Å². The molecule has 0 spiro atoms. The van der Waals surface area contributed by atoms with Crippen molar-refractivity contribution in [1.82, 2.24) is 0 Å². The molecular formula is C11H12N2O3S. The van der Waals surface area contributed by atoms with E-state index < -0.39 is 15.6 Å². The standard InChI is InChI=1S/C11H12N2O3S/c1-17(15,16)13-10-4-2-9(3-5-10)11(6-7-11)12-8-14/h2-5,13H,6-7H2,1H3. The molecule has 0 aromatic heterocycles. The summed E-state index contributed by atoms with van der Waals surface area (Å²) >= 11 is 0. The van der Waals surface area contributed by atoms with E-state index >= 15 is 0 Å². The van der Waals surface area contributed by atoms with E-state index in [-0.39, 0.29) is 0 Å². The summed E-state index contributed by atoms with van der Waals surface area (Å²) in [4.78, 5) is 14.1. The van der Waals surface area contributed by atoms with E-state index in [9.17, 15) is 13.2 Å². The molecule has 1 aromatic carbocycles. The second-order valence-corrected chi connectivity index (χ2v) is 5.93. The molecule has 0 unspecified atom stereocenters. The first-order chi connectivity index (χ1) is 7.95. The molecule has 0 atom stereocenters. The normalized spacial score (nSPS) is 17.0. The Morgan fingerprint density at radius 1 is 1.29 bits per heavy atom. The Hall–Kier alpha value is -1.65. The average molecular weight is 252 g/mol. The van der Waals surface area contributed by atoms with Crippen molar-refractivity contribution in [1.29, 1.82) is 0 Å². The van der Waals surface area contributed by atoms with Crippen LogP contribution in [-0.2, 0) is 20.4 Å². The summed E-state index contributed by atoms with van der Waals surface area (Å²) in [6, 6.07) is 6.89. The van der Waals surface area contributed by atoms with Gasteiger partial charge in [-0.15, -0.1) is 0 Å². The summed E-state index contributed by atoms with van der Waals surface area (Å²) in [5.41, 5.74) is 1.01. The van der Waals surface area contributed by atoms with Gasteiger partial charge in [-0.3, -0.25) is 4.72 Å². The Kier molecular flexibility index (Phi) is 2.77. The monoisotopic (exact) mass is 252 g/mol. The predicted octanol–water partition coefficient (Wildman–Crippen LogP) is 1.38. The van der Waals surface area contributed by atoms with Gasteiger partial charge in [0, 0.05) is 5.69 Å². The first-order valence-electron chi connectivity index (χ1n) is 5.13. The Labute approximate surface area is 99.6 Å². The van der Waals surface area contributed by atoms with Gasteiger partial charge < -0.3 is 0 Å². The number of hydrogen-bond acceptors (Lipinski definition) is 4. The summed E-state index contributed by atoms with van der Waals surface area (Å²) in [5, 5.41) is 0. The fourth-order valence-corrected chi connectivity index (χ4v) is 2.30.